The molecule has 1 N–H and O–H groups in total. The van der Waals surface area contributed by atoms with Crippen molar-refractivity contribution in [1.29, 1.82) is 0 Å². The number of ether oxygens (including phenoxy) is 1. The van der Waals surface area contributed by atoms with Crippen LogP contribution in [-0.4, -0.2) is 32.3 Å². The predicted molar refractivity (Wildman–Crippen MR) is 101 cm³/mol. The third-order valence-corrected chi connectivity index (χ3v) is 5.55. The minimum atomic E-state index is -3.57. The Hall–Kier alpha value is -2.71. The normalized spacial score (nSPS) is 11.5. The van der Waals surface area contributed by atoms with E-state index in [0.717, 1.165) is 12.0 Å². The van der Waals surface area contributed by atoms with Crippen LogP contribution in [0.15, 0.2) is 57.8 Å². The summed E-state index contributed by atoms with van der Waals surface area (Å²) in [4.78, 5) is 0.236. The number of sulfonamides is 1. The molecule has 3 rings (SSSR count). The fraction of sp³-hybridized carbons (Fsp3) is 0.263. The number of para-hydroxylation sites is 1. The van der Waals surface area contributed by atoms with Gasteiger partial charge in [0.15, 0.2) is 0 Å². The Kier molecular flexibility index (Phi) is 5.88. The second-order valence-electron chi connectivity index (χ2n) is 5.85. The second kappa shape index (κ2) is 8.32. The first-order valence-corrected chi connectivity index (χ1v) is 10.1. The molecular weight excluding hydrogens is 366 g/mol. The highest BCUT2D eigenvalue weighted by molar-refractivity contribution is 7.89. The van der Waals surface area contributed by atoms with Gasteiger partial charge in [0.25, 0.3) is 5.89 Å². The van der Waals surface area contributed by atoms with Gasteiger partial charge < -0.3 is 9.15 Å². The average Bonchev–Trinajstić information content (AvgIpc) is 3.16. The molecule has 142 valence electrons. The number of aromatic nitrogens is 2. The van der Waals surface area contributed by atoms with Crippen molar-refractivity contribution in [2.75, 3.05) is 13.7 Å². The molecule has 0 amide bonds. The van der Waals surface area contributed by atoms with Crippen LogP contribution >= 0.6 is 0 Å². The lowest BCUT2D eigenvalue weighted by Gasteiger charge is -2.06. The second-order valence-corrected chi connectivity index (χ2v) is 7.61. The maximum atomic E-state index is 12.3. The topological polar surface area (TPSA) is 94.3 Å². The summed E-state index contributed by atoms with van der Waals surface area (Å²) < 4.78 is 38.1. The number of nitrogens with zero attached hydrogens (tertiary/aromatic N) is 2. The van der Waals surface area contributed by atoms with E-state index in [-0.39, 0.29) is 17.9 Å². The fourth-order valence-corrected chi connectivity index (χ4v) is 3.60. The van der Waals surface area contributed by atoms with Crippen LogP contribution in [0, 0.1) is 0 Å². The van der Waals surface area contributed by atoms with Crippen LogP contribution in [-0.2, 0) is 22.9 Å². The molecule has 0 aliphatic heterocycles. The fourth-order valence-electron chi connectivity index (χ4n) is 2.56. The molecule has 0 spiro atoms. The molecule has 7 nitrogen and oxygen atoms in total. The number of methoxy groups -OCH3 is 1. The van der Waals surface area contributed by atoms with Crippen LogP contribution in [0.5, 0.6) is 5.75 Å². The van der Waals surface area contributed by atoms with Gasteiger partial charge in [-0.2, -0.15) is 0 Å². The van der Waals surface area contributed by atoms with Crippen LogP contribution in [0.4, 0.5) is 0 Å². The zero-order chi connectivity index (χ0) is 19.3. The first-order valence-electron chi connectivity index (χ1n) is 8.58. The van der Waals surface area contributed by atoms with Crippen molar-refractivity contribution in [3.8, 4) is 17.2 Å². The smallest absolute Gasteiger partial charge is 0.251 e. The van der Waals surface area contributed by atoms with Crippen molar-refractivity contribution < 1.29 is 17.6 Å². The van der Waals surface area contributed by atoms with E-state index >= 15 is 0 Å². The van der Waals surface area contributed by atoms with Crippen LogP contribution < -0.4 is 9.46 Å². The Balaban J connectivity index is 1.63. The molecule has 0 fully saturated rings. The van der Waals surface area contributed by atoms with Gasteiger partial charge in [0.2, 0.25) is 15.9 Å². The molecule has 0 bridgehead atoms. The maximum absolute atomic E-state index is 12.3. The number of hydrogen-bond acceptors (Lipinski definition) is 6. The standard InChI is InChI=1S/C19H21N3O4S/c1-3-14-8-10-15(11-9-14)27(23,24)20-13-12-18-21-22-19(26-18)16-6-4-5-7-17(16)25-2/h4-11,20H,3,12-13H2,1-2H3. The molecular formula is C19H21N3O4S. The van der Waals surface area contributed by atoms with E-state index in [1.54, 1.807) is 25.3 Å². The number of benzene rings is 2. The molecule has 27 heavy (non-hydrogen) atoms. The van der Waals surface area contributed by atoms with Crippen molar-refractivity contribution >= 4 is 10.0 Å². The summed E-state index contributed by atoms with van der Waals surface area (Å²) in [6, 6.07) is 14.1. The first-order chi connectivity index (χ1) is 13.0. The Morgan fingerprint density at radius 1 is 1.07 bits per heavy atom. The van der Waals surface area contributed by atoms with E-state index in [2.05, 4.69) is 14.9 Å². The Bertz CT molecular complexity index is 998. The molecule has 1 heterocycles. The predicted octanol–water partition coefficient (Wildman–Crippen LogP) is 2.83. The summed E-state index contributed by atoms with van der Waals surface area (Å²) in [7, 11) is -2.00. The van der Waals surface area contributed by atoms with Gasteiger partial charge in [0, 0.05) is 13.0 Å². The molecule has 0 aliphatic rings. The molecule has 0 atom stereocenters. The Morgan fingerprint density at radius 2 is 1.81 bits per heavy atom. The Labute approximate surface area is 158 Å². The van der Waals surface area contributed by atoms with Crippen LogP contribution in [0.25, 0.3) is 11.5 Å². The molecule has 0 aliphatic carbocycles. The van der Waals surface area contributed by atoms with Gasteiger partial charge in [0.1, 0.15) is 5.75 Å². The molecule has 0 unspecified atom stereocenters. The summed E-state index contributed by atoms with van der Waals surface area (Å²) >= 11 is 0. The largest absolute Gasteiger partial charge is 0.496 e. The van der Waals surface area contributed by atoms with Gasteiger partial charge in [0.05, 0.1) is 17.6 Å². The highest BCUT2D eigenvalue weighted by Crippen LogP contribution is 2.28. The highest BCUT2D eigenvalue weighted by atomic mass is 32.2. The summed E-state index contributed by atoms with van der Waals surface area (Å²) in [6.45, 7) is 2.18. The molecule has 0 saturated heterocycles. The van der Waals surface area contributed by atoms with Gasteiger partial charge in [-0.05, 0) is 36.2 Å². The van der Waals surface area contributed by atoms with Gasteiger partial charge in [-0.15, -0.1) is 10.2 Å². The lowest BCUT2D eigenvalue weighted by molar-refractivity contribution is 0.413. The summed E-state index contributed by atoms with van der Waals surface area (Å²) in [5.41, 5.74) is 1.78. The summed E-state index contributed by atoms with van der Waals surface area (Å²) in [6.07, 6.45) is 1.15. The molecule has 2 aromatic carbocycles. The lowest BCUT2D eigenvalue weighted by Crippen LogP contribution is -2.26. The van der Waals surface area contributed by atoms with Crippen molar-refractivity contribution in [2.24, 2.45) is 0 Å². The van der Waals surface area contributed by atoms with Crippen molar-refractivity contribution in [1.82, 2.24) is 14.9 Å². The number of rotatable bonds is 8. The third kappa shape index (κ3) is 4.53. The van der Waals surface area contributed by atoms with E-state index in [4.69, 9.17) is 9.15 Å². The third-order valence-electron chi connectivity index (χ3n) is 4.08. The van der Waals surface area contributed by atoms with E-state index in [9.17, 15) is 8.42 Å². The quantitative estimate of drug-likeness (QED) is 0.639. The number of hydrogen-bond donors (Lipinski definition) is 1. The van der Waals surface area contributed by atoms with Crippen molar-refractivity contribution in [3.05, 3.63) is 60.0 Å². The van der Waals surface area contributed by atoms with Crippen LogP contribution in [0.3, 0.4) is 0 Å². The van der Waals surface area contributed by atoms with Gasteiger partial charge in [-0.1, -0.05) is 31.2 Å². The van der Waals surface area contributed by atoms with E-state index in [1.807, 2.05) is 37.3 Å². The zero-order valence-electron chi connectivity index (χ0n) is 15.2. The molecule has 3 aromatic rings. The summed E-state index contributed by atoms with van der Waals surface area (Å²) in [5.74, 6) is 1.31. The summed E-state index contributed by atoms with van der Waals surface area (Å²) in [5, 5.41) is 7.99. The van der Waals surface area contributed by atoms with Crippen LogP contribution in [0.2, 0.25) is 0 Å². The minimum Gasteiger partial charge on any atom is -0.496 e. The number of nitrogens with one attached hydrogen (secondary N) is 1. The average molecular weight is 387 g/mol. The monoisotopic (exact) mass is 387 g/mol. The lowest BCUT2D eigenvalue weighted by atomic mass is 10.2. The minimum absolute atomic E-state index is 0.158. The first kappa shape index (κ1) is 19.1. The van der Waals surface area contributed by atoms with Gasteiger partial charge in [-0.25, -0.2) is 13.1 Å². The SMILES string of the molecule is CCc1ccc(S(=O)(=O)NCCc2nnc(-c3ccccc3OC)o2)cc1. The van der Waals surface area contributed by atoms with E-state index in [0.29, 0.717) is 23.1 Å². The van der Waals surface area contributed by atoms with Crippen molar-refractivity contribution in [2.45, 2.75) is 24.7 Å². The number of aryl methyl sites for hydroxylation is 1. The van der Waals surface area contributed by atoms with E-state index in [1.165, 1.54) is 0 Å². The van der Waals surface area contributed by atoms with E-state index < -0.39 is 10.0 Å². The molecule has 8 heteroatoms. The molecule has 1 aromatic heterocycles. The van der Waals surface area contributed by atoms with Gasteiger partial charge >= 0.3 is 0 Å². The molecule has 0 saturated carbocycles. The maximum Gasteiger partial charge on any atom is 0.251 e. The van der Waals surface area contributed by atoms with Crippen LogP contribution in [0.1, 0.15) is 18.4 Å². The highest BCUT2D eigenvalue weighted by Gasteiger charge is 2.16. The Morgan fingerprint density at radius 3 is 2.52 bits per heavy atom. The molecule has 0 radical (unpaired) electrons. The zero-order valence-corrected chi connectivity index (χ0v) is 16.0. The van der Waals surface area contributed by atoms with Gasteiger partial charge in [-0.3, -0.25) is 0 Å². The van der Waals surface area contributed by atoms with Crippen molar-refractivity contribution in [3.63, 3.8) is 0 Å².